The Morgan fingerprint density at radius 3 is 2.63 bits per heavy atom. The van der Waals surface area contributed by atoms with E-state index in [1.54, 1.807) is 24.3 Å². The van der Waals surface area contributed by atoms with Crippen molar-refractivity contribution in [2.24, 2.45) is 0 Å². The molecule has 3 aromatic rings. The molecule has 0 aliphatic heterocycles. The largest absolute Gasteiger partial charge is 0.360 e. The standard InChI is InChI=1S/C21H18FNO3S/c1-27(25)21-15(6-4-8-18(21)22)11-14-5-2-3-7-16(14)19(24)17-12-23-26-20(17)13-9-10-13/h2-8,12-13H,9-11H2,1H3. The molecule has 4 rings (SSSR count). The fourth-order valence-corrected chi connectivity index (χ4v) is 4.17. The van der Waals surface area contributed by atoms with Crippen LogP contribution >= 0.6 is 0 Å². The molecule has 138 valence electrons. The third-order valence-electron chi connectivity index (χ3n) is 4.77. The number of carbonyl (C=O) groups excluding carboxylic acids is 1. The van der Waals surface area contributed by atoms with Gasteiger partial charge in [-0.15, -0.1) is 0 Å². The van der Waals surface area contributed by atoms with Crippen LogP contribution < -0.4 is 0 Å². The number of nitrogens with zero attached hydrogens (tertiary/aromatic N) is 1. The van der Waals surface area contributed by atoms with E-state index in [2.05, 4.69) is 5.16 Å². The Bertz CT molecular complexity index is 1040. The summed E-state index contributed by atoms with van der Waals surface area (Å²) in [5, 5.41) is 3.81. The maximum Gasteiger partial charge on any atom is 0.198 e. The van der Waals surface area contributed by atoms with Crippen LogP contribution in [0.4, 0.5) is 4.39 Å². The second kappa shape index (κ2) is 7.19. The van der Waals surface area contributed by atoms with Crippen LogP contribution in [0.5, 0.6) is 0 Å². The van der Waals surface area contributed by atoms with Crippen molar-refractivity contribution in [3.63, 3.8) is 0 Å². The summed E-state index contributed by atoms with van der Waals surface area (Å²) in [6, 6.07) is 11.9. The van der Waals surface area contributed by atoms with E-state index >= 15 is 0 Å². The zero-order valence-corrected chi connectivity index (χ0v) is 15.6. The maximum atomic E-state index is 14.2. The van der Waals surface area contributed by atoms with E-state index < -0.39 is 16.6 Å². The lowest BCUT2D eigenvalue weighted by Gasteiger charge is -2.12. The average molecular weight is 383 g/mol. The SMILES string of the molecule is CS(=O)c1c(F)cccc1Cc1ccccc1C(=O)c1cnoc1C1CC1. The molecule has 0 radical (unpaired) electrons. The van der Waals surface area contributed by atoms with Crippen molar-refractivity contribution in [3.05, 3.63) is 82.5 Å². The van der Waals surface area contributed by atoms with Gasteiger partial charge >= 0.3 is 0 Å². The lowest BCUT2D eigenvalue weighted by Crippen LogP contribution is -2.08. The summed E-state index contributed by atoms with van der Waals surface area (Å²) < 4.78 is 31.4. The third-order valence-corrected chi connectivity index (χ3v) is 5.80. The van der Waals surface area contributed by atoms with Gasteiger partial charge in [0, 0.05) is 17.7 Å². The number of ketones is 1. The minimum atomic E-state index is -1.46. The second-order valence-electron chi connectivity index (χ2n) is 6.72. The summed E-state index contributed by atoms with van der Waals surface area (Å²) in [5.41, 5.74) is 2.38. The first-order valence-electron chi connectivity index (χ1n) is 8.74. The Kier molecular flexibility index (Phi) is 4.74. The normalized spacial score (nSPS) is 14.9. The van der Waals surface area contributed by atoms with Crippen LogP contribution in [-0.4, -0.2) is 21.4 Å². The first kappa shape index (κ1) is 17.8. The molecule has 1 aliphatic carbocycles. The van der Waals surface area contributed by atoms with Gasteiger partial charge in [0.05, 0.1) is 27.5 Å². The molecule has 0 amide bonds. The smallest absolute Gasteiger partial charge is 0.198 e. The number of benzene rings is 2. The highest BCUT2D eigenvalue weighted by Crippen LogP contribution is 2.42. The predicted octanol–water partition coefficient (Wildman–Crippen LogP) is 4.25. The van der Waals surface area contributed by atoms with Crippen molar-refractivity contribution in [2.45, 2.75) is 30.1 Å². The van der Waals surface area contributed by atoms with Gasteiger partial charge in [-0.3, -0.25) is 9.00 Å². The van der Waals surface area contributed by atoms with Crippen molar-refractivity contribution < 1.29 is 17.9 Å². The Balaban J connectivity index is 1.72. The molecule has 2 aromatic carbocycles. The minimum Gasteiger partial charge on any atom is -0.360 e. The van der Waals surface area contributed by atoms with Gasteiger partial charge < -0.3 is 4.52 Å². The topological polar surface area (TPSA) is 60.2 Å². The highest BCUT2D eigenvalue weighted by molar-refractivity contribution is 7.84. The van der Waals surface area contributed by atoms with Gasteiger partial charge in [0.25, 0.3) is 0 Å². The van der Waals surface area contributed by atoms with E-state index in [4.69, 9.17) is 4.52 Å². The van der Waals surface area contributed by atoms with Crippen LogP contribution in [0, 0.1) is 5.82 Å². The molecule has 0 spiro atoms. The molecule has 4 nitrogen and oxygen atoms in total. The van der Waals surface area contributed by atoms with Crippen LogP contribution in [0.1, 0.15) is 51.6 Å². The number of aromatic nitrogens is 1. The average Bonchev–Trinajstić information content (AvgIpc) is 3.38. The lowest BCUT2D eigenvalue weighted by atomic mass is 9.94. The summed E-state index contributed by atoms with van der Waals surface area (Å²) in [4.78, 5) is 13.3. The van der Waals surface area contributed by atoms with Crippen LogP contribution in [0.15, 0.2) is 58.1 Å². The quantitative estimate of drug-likeness (QED) is 0.597. The molecule has 27 heavy (non-hydrogen) atoms. The number of hydrogen-bond donors (Lipinski definition) is 0. The number of halogens is 1. The van der Waals surface area contributed by atoms with E-state index in [9.17, 15) is 13.4 Å². The second-order valence-corrected chi connectivity index (χ2v) is 8.04. The van der Waals surface area contributed by atoms with Crippen LogP contribution in [0.3, 0.4) is 0 Å². The number of carbonyl (C=O) groups is 1. The third kappa shape index (κ3) is 3.49. The number of rotatable bonds is 6. The van der Waals surface area contributed by atoms with Crippen molar-refractivity contribution in [2.75, 3.05) is 6.26 Å². The highest BCUT2D eigenvalue weighted by Gasteiger charge is 2.33. The molecule has 1 fully saturated rings. The molecule has 1 atom stereocenters. The monoisotopic (exact) mass is 383 g/mol. The molecule has 1 aromatic heterocycles. The van der Waals surface area contributed by atoms with Gasteiger partial charge in [-0.05, 0) is 36.5 Å². The molecule has 1 heterocycles. The molecular weight excluding hydrogens is 365 g/mol. The predicted molar refractivity (Wildman–Crippen MR) is 99.9 cm³/mol. The molecule has 0 N–H and O–H groups in total. The molecule has 1 saturated carbocycles. The Labute approximate surface area is 158 Å². The van der Waals surface area contributed by atoms with Crippen molar-refractivity contribution >= 4 is 16.6 Å². The zero-order chi connectivity index (χ0) is 19.0. The fraction of sp³-hybridized carbons (Fsp3) is 0.238. The van der Waals surface area contributed by atoms with Gasteiger partial charge in [0.1, 0.15) is 5.82 Å². The Hall–Kier alpha value is -2.60. The first-order valence-corrected chi connectivity index (χ1v) is 10.3. The van der Waals surface area contributed by atoms with Gasteiger partial charge in [0.15, 0.2) is 11.5 Å². The lowest BCUT2D eigenvalue weighted by molar-refractivity contribution is 0.103. The van der Waals surface area contributed by atoms with Gasteiger partial charge in [-0.1, -0.05) is 41.6 Å². The van der Waals surface area contributed by atoms with Gasteiger partial charge in [0.2, 0.25) is 0 Å². The molecule has 0 bridgehead atoms. The van der Waals surface area contributed by atoms with E-state index in [1.165, 1.54) is 18.5 Å². The molecule has 0 saturated heterocycles. The highest BCUT2D eigenvalue weighted by atomic mass is 32.2. The van der Waals surface area contributed by atoms with E-state index in [0.717, 1.165) is 18.4 Å². The van der Waals surface area contributed by atoms with E-state index in [1.807, 2.05) is 12.1 Å². The van der Waals surface area contributed by atoms with Crippen LogP contribution in [0.2, 0.25) is 0 Å². The van der Waals surface area contributed by atoms with Crippen molar-refractivity contribution in [3.8, 4) is 0 Å². The summed E-state index contributed by atoms with van der Waals surface area (Å²) in [7, 11) is -1.46. The van der Waals surface area contributed by atoms with E-state index in [0.29, 0.717) is 28.9 Å². The van der Waals surface area contributed by atoms with Crippen molar-refractivity contribution in [1.82, 2.24) is 5.16 Å². The Morgan fingerprint density at radius 2 is 1.89 bits per heavy atom. The van der Waals surface area contributed by atoms with Gasteiger partial charge in [-0.25, -0.2) is 4.39 Å². The summed E-state index contributed by atoms with van der Waals surface area (Å²) >= 11 is 0. The zero-order valence-electron chi connectivity index (χ0n) is 14.8. The van der Waals surface area contributed by atoms with E-state index in [-0.39, 0.29) is 16.6 Å². The maximum absolute atomic E-state index is 14.2. The summed E-state index contributed by atoms with van der Waals surface area (Å²) in [5.74, 6) is 0.281. The summed E-state index contributed by atoms with van der Waals surface area (Å²) in [6.45, 7) is 0. The molecule has 1 unspecified atom stereocenters. The Morgan fingerprint density at radius 1 is 1.15 bits per heavy atom. The molecule has 6 heteroatoms. The molecule has 1 aliphatic rings. The number of hydrogen-bond acceptors (Lipinski definition) is 4. The summed E-state index contributed by atoms with van der Waals surface area (Å²) in [6.07, 6.45) is 5.26. The minimum absolute atomic E-state index is 0.149. The van der Waals surface area contributed by atoms with Gasteiger partial charge in [-0.2, -0.15) is 0 Å². The fourth-order valence-electron chi connectivity index (χ4n) is 3.32. The van der Waals surface area contributed by atoms with Crippen molar-refractivity contribution in [1.29, 1.82) is 0 Å². The van der Waals surface area contributed by atoms with Crippen LogP contribution in [-0.2, 0) is 17.2 Å². The van der Waals surface area contributed by atoms with Crippen LogP contribution in [0.25, 0.3) is 0 Å². The molecular formula is C21H18FNO3S. The first-order chi connectivity index (χ1) is 13.1.